The van der Waals surface area contributed by atoms with Crippen molar-refractivity contribution in [3.8, 4) is 0 Å². The molecule has 0 saturated carbocycles. The van der Waals surface area contributed by atoms with Gasteiger partial charge in [-0.05, 0) is 37.6 Å². The van der Waals surface area contributed by atoms with E-state index in [2.05, 4.69) is 5.32 Å². The quantitative estimate of drug-likeness (QED) is 0.664. The highest BCUT2D eigenvalue weighted by atomic mass is 32.2. The maximum absolute atomic E-state index is 11.8. The number of anilines is 2. The number of hydrogen-bond donors (Lipinski definition) is 2. The monoisotopic (exact) mass is 276 g/mol. The van der Waals surface area contributed by atoms with E-state index in [0.29, 0.717) is 17.1 Å². The summed E-state index contributed by atoms with van der Waals surface area (Å²) in [7, 11) is 0. The van der Waals surface area contributed by atoms with Crippen molar-refractivity contribution in [1.82, 2.24) is 0 Å². The Balaban J connectivity index is 1.93. The second kappa shape index (κ2) is 5.84. The number of carbonyl (C=O) groups excluding carboxylic acids is 1. The van der Waals surface area contributed by atoms with Crippen molar-refractivity contribution in [3.63, 3.8) is 0 Å². The molecule has 0 unspecified atom stereocenters. The Morgan fingerprint density at radius 3 is 2.79 bits per heavy atom. The van der Waals surface area contributed by atoms with Crippen molar-refractivity contribution in [2.75, 3.05) is 16.8 Å². The van der Waals surface area contributed by atoms with E-state index >= 15 is 0 Å². The Bertz CT molecular complexity index is 593. The van der Waals surface area contributed by atoms with Crippen molar-refractivity contribution in [3.05, 3.63) is 41.9 Å². The Morgan fingerprint density at radius 2 is 2.16 bits per heavy atom. The van der Waals surface area contributed by atoms with Gasteiger partial charge < -0.3 is 15.5 Å². The van der Waals surface area contributed by atoms with Gasteiger partial charge in [0.05, 0.1) is 23.4 Å². The number of aryl methyl sites for hydroxylation is 2. The molecule has 3 N–H and O–H groups in total. The third kappa shape index (κ3) is 3.54. The predicted octanol–water partition coefficient (Wildman–Crippen LogP) is 3.21. The maximum atomic E-state index is 11.8. The lowest BCUT2D eigenvalue weighted by Crippen LogP contribution is -2.15. The maximum Gasteiger partial charge on any atom is 0.234 e. The van der Waals surface area contributed by atoms with Crippen LogP contribution >= 0.6 is 11.8 Å². The molecular weight excluding hydrogens is 260 g/mol. The molecule has 0 radical (unpaired) electrons. The zero-order chi connectivity index (χ0) is 13.8. The van der Waals surface area contributed by atoms with Gasteiger partial charge in [0.2, 0.25) is 5.91 Å². The lowest BCUT2D eigenvalue weighted by atomic mass is 10.2. The number of thioether (sulfide) groups is 1. The normalized spacial score (nSPS) is 10.4. The molecule has 1 heterocycles. The predicted molar refractivity (Wildman–Crippen MR) is 78.4 cm³/mol. The highest BCUT2D eigenvalue weighted by molar-refractivity contribution is 8.00. The highest BCUT2D eigenvalue weighted by Gasteiger charge is 2.08. The van der Waals surface area contributed by atoms with Crippen LogP contribution in [0.5, 0.6) is 0 Å². The zero-order valence-corrected chi connectivity index (χ0v) is 11.7. The van der Waals surface area contributed by atoms with Crippen molar-refractivity contribution >= 4 is 29.0 Å². The summed E-state index contributed by atoms with van der Waals surface area (Å²) in [6.07, 6.45) is 1.62. The summed E-state index contributed by atoms with van der Waals surface area (Å²) in [5.74, 6) is 1.07. The lowest BCUT2D eigenvalue weighted by Gasteiger charge is -2.08. The molecule has 0 bridgehead atoms. The molecule has 0 saturated heterocycles. The summed E-state index contributed by atoms with van der Waals surface area (Å²) in [6, 6.07) is 7.42. The summed E-state index contributed by atoms with van der Waals surface area (Å²) in [4.78, 5) is 12.8. The average Bonchev–Trinajstić information content (AvgIpc) is 2.76. The Labute approximate surface area is 116 Å². The molecule has 0 aliphatic carbocycles. The first-order chi connectivity index (χ1) is 9.06. The minimum Gasteiger partial charge on any atom is -0.468 e. The molecular formula is C14H16N2O2S. The summed E-state index contributed by atoms with van der Waals surface area (Å²) >= 11 is 1.44. The van der Waals surface area contributed by atoms with Gasteiger partial charge in [0.15, 0.2) is 0 Å². The molecule has 0 aliphatic heterocycles. The van der Waals surface area contributed by atoms with Crippen LogP contribution in [-0.4, -0.2) is 11.7 Å². The Hall–Kier alpha value is -1.88. The first-order valence-corrected chi connectivity index (χ1v) is 6.87. The van der Waals surface area contributed by atoms with Crippen LogP contribution in [0.4, 0.5) is 11.4 Å². The van der Waals surface area contributed by atoms with Crippen molar-refractivity contribution in [1.29, 1.82) is 0 Å². The molecule has 1 aromatic heterocycles. The van der Waals surface area contributed by atoms with E-state index in [1.807, 2.05) is 38.1 Å². The number of benzene rings is 1. The molecule has 1 amide bonds. The molecule has 0 spiro atoms. The van der Waals surface area contributed by atoms with Crippen LogP contribution in [0, 0.1) is 13.8 Å². The average molecular weight is 276 g/mol. The molecule has 2 rings (SSSR count). The van der Waals surface area contributed by atoms with E-state index in [9.17, 15) is 4.79 Å². The Kier molecular flexibility index (Phi) is 4.16. The molecule has 0 aliphatic rings. The van der Waals surface area contributed by atoms with E-state index in [-0.39, 0.29) is 5.91 Å². The number of furan rings is 1. The van der Waals surface area contributed by atoms with E-state index in [1.165, 1.54) is 11.8 Å². The van der Waals surface area contributed by atoms with Crippen molar-refractivity contribution in [2.45, 2.75) is 18.7 Å². The molecule has 0 fully saturated rings. The van der Waals surface area contributed by atoms with Gasteiger partial charge in [-0.1, -0.05) is 6.07 Å². The zero-order valence-electron chi connectivity index (χ0n) is 10.9. The van der Waals surface area contributed by atoms with E-state index in [1.54, 1.807) is 6.26 Å². The third-order valence-corrected chi connectivity index (χ3v) is 3.79. The largest absolute Gasteiger partial charge is 0.468 e. The van der Waals surface area contributed by atoms with Gasteiger partial charge in [0, 0.05) is 4.90 Å². The standard InChI is InChI=1S/C14H16N2O2S/c1-9-3-4-12(11(15)7-9)16-14(17)8-19-13-5-6-18-10(13)2/h3-7H,8,15H2,1-2H3,(H,16,17). The molecule has 4 nitrogen and oxygen atoms in total. The number of carbonyl (C=O) groups is 1. The van der Waals surface area contributed by atoms with E-state index in [0.717, 1.165) is 16.2 Å². The molecule has 0 atom stereocenters. The van der Waals surface area contributed by atoms with Crippen LogP contribution in [0.1, 0.15) is 11.3 Å². The first kappa shape index (κ1) is 13.5. The number of amides is 1. The van der Waals surface area contributed by atoms with Gasteiger partial charge in [-0.3, -0.25) is 4.79 Å². The topological polar surface area (TPSA) is 68.3 Å². The minimum atomic E-state index is -0.0823. The third-order valence-electron chi connectivity index (χ3n) is 2.65. The number of nitrogens with one attached hydrogen (secondary N) is 1. The molecule has 1 aromatic carbocycles. The smallest absolute Gasteiger partial charge is 0.234 e. The van der Waals surface area contributed by atoms with Gasteiger partial charge in [0.1, 0.15) is 5.76 Å². The van der Waals surface area contributed by atoms with Crippen LogP contribution in [0.15, 0.2) is 39.8 Å². The summed E-state index contributed by atoms with van der Waals surface area (Å²) in [6.45, 7) is 3.83. The van der Waals surface area contributed by atoms with Gasteiger partial charge in [-0.2, -0.15) is 0 Å². The van der Waals surface area contributed by atoms with Crippen molar-refractivity contribution in [2.24, 2.45) is 0 Å². The van der Waals surface area contributed by atoms with Crippen LogP contribution < -0.4 is 11.1 Å². The number of nitrogens with two attached hydrogens (primary N) is 1. The van der Waals surface area contributed by atoms with Crippen LogP contribution in [0.2, 0.25) is 0 Å². The molecule has 2 aromatic rings. The number of nitrogen functional groups attached to an aromatic ring is 1. The second-order valence-electron chi connectivity index (χ2n) is 4.27. The van der Waals surface area contributed by atoms with Crippen LogP contribution in [-0.2, 0) is 4.79 Å². The van der Waals surface area contributed by atoms with Crippen LogP contribution in [0.25, 0.3) is 0 Å². The second-order valence-corrected chi connectivity index (χ2v) is 5.29. The number of hydrogen-bond acceptors (Lipinski definition) is 4. The SMILES string of the molecule is Cc1ccc(NC(=O)CSc2ccoc2C)c(N)c1. The van der Waals surface area contributed by atoms with E-state index in [4.69, 9.17) is 10.2 Å². The van der Waals surface area contributed by atoms with Gasteiger partial charge in [-0.25, -0.2) is 0 Å². The number of rotatable bonds is 4. The van der Waals surface area contributed by atoms with Gasteiger partial charge in [-0.15, -0.1) is 11.8 Å². The lowest BCUT2D eigenvalue weighted by molar-refractivity contribution is -0.113. The van der Waals surface area contributed by atoms with E-state index < -0.39 is 0 Å². The summed E-state index contributed by atoms with van der Waals surface area (Å²) in [5.41, 5.74) is 8.15. The van der Waals surface area contributed by atoms with Crippen molar-refractivity contribution < 1.29 is 9.21 Å². The minimum absolute atomic E-state index is 0.0823. The molecule has 5 heteroatoms. The molecule has 100 valence electrons. The Morgan fingerprint density at radius 1 is 1.37 bits per heavy atom. The van der Waals surface area contributed by atoms with Gasteiger partial charge in [0.25, 0.3) is 0 Å². The van der Waals surface area contributed by atoms with Gasteiger partial charge >= 0.3 is 0 Å². The fraction of sp³-hybridized carbons (Fsp3) is 0.214. The summed E-state index contributed by atoms with van der Waals surface area (Å²) < 4.78 is 5.17. The summed E-state index contributed by atoms with van der Waals surface area (Å²) in [5, 5.41) is 2.80. The fourth-order valence-corrected chi connectivity index (χ4v) is 2.41. The fourth-order valence-electron chi connectivity index (χ4n) is 1.65. The first-order valence-electron chi connectivity index (χ1n) is 5.89. The van der Waals surface area contributed by atoms with Crippen LogP contribution in [0.3, 0.4) is 0 Å². The highest BCUT2D eigenvalue weighted by Crippen LogP contribution is 2.24. The molecule has 19 heavy (non-hydrogen) atoms.